The number of hydrogen-bond acceptors (Lipinski definition) is 3. The van der Waals surface area contributed by atoms with Crippen molar-refractivity contribution in [2.75, 3.05) is 24.1 Å². The summed E-state index contributed by atoms with van der Waals surface area (Å²) in [6, 6.07) is 6.21. The number of nitrogens with two attached hydrogens (primary N) is 1. The molecule has 1 fully saturated rings. The van der Waals surface area contributed by atoms with E-state index in [1.165, 1.54) is 19.3 Å². The van der Waals surface area contributed by atoms with E-state index in [0.29, 0.717) is 18.2 Å². The Bertz CT molecular complexity index is 473. The fourth-order valence-corrected chi connectivity index (χ4v) is 2.74. The Kier molecular flexibility index (Phi) is 5.01. The summed E-state index contributed by atoms with van der Waals surface area (Å²) in [4.78, 5) is 14.5. The summed E-state index contributed by atoms with van der Waals surface area (Å²) in [7, 11) is 0. The van der Waals surface area contributed by atoms with Gasteiger partial charge in [-0.15, -0.1) is 0 Å². The van der Waals surface area contributed by atoms with E-state index < -0.39 is 0 Å². The molecule has 110 valence electrons. The summed E-state index contributed by atoms with van der Waals surface area (Å²) < 4.78 is 0. The highest BCUT2D eigenvalue weighted by Crippen LogP contribution is 2.21. The van der Waals surface area contributed by atoms with Gasteiger partial charge in [0.15, 0.2) is 0 Å². The number of nitrogens with one attached hydrogen (secondary N) is 1. The lowest BCUT2D eigenvalue weighted by Gasteiger charge is -2.33. The van der Waals surface area contributed by atoms with E-state index in [2.05, 4.69) is 17.1 Å². The first kappa shape index (κ1) is 14.9. The Morgan fingerprint density at radius 2 is 2.25 bits per heavy atom. The van der Waals surface area contributed by atoms with Crippen molar-refractivity contribution in [1.29, 1.82) is 0 Å². The lowest BCUT2D eigenvalue weighted by atomic mass is 10.0. The summed E-state index contributed by atoms with van der Waals surface area (Å²) in [6.45, 7) is 6.14. The molecule has 20 heavy (non-hydrogen) atoms. The first-order chi connectivity index (χ1) is 9.58. The zero-order valence-electron chi connectivity index (χ0n) is 12.5. The number of anilines is 2. The Morgan fingerprint density at radius 1 is 1.45 bits per heavy atom. The fourth-order valence-electron chi connectivity index (χ4n) is 2.74. The van der Waals surface area contributed by atoms with Crippen LogP contribution in [0.15, 0.2) is 18.2 Å². The van der Waals surface area contributed by atoms with Crippen LogP contribution >= 0.6 is 0 Å². The molecule has 1 heterocycles. The van der Waals surface area contributed by atoms with Gasteiger partial charge >= 0.3 is 0 Å². The topological polar surface area (TPSA) is 58.4 Å². The molecule has 1 aliphatic heterocycles. The minimum Gasteiger partial charge on any atom is -0.398 e. The Morgan fingerprint density at radius 3 is 3.00 bits per heavy atom. The van der Waals surface area contributed by atoms with E-state index >= 15 is 0 Å². The maximum atomic E-state index is 12.0. The van der Waals surface area contributed by atoms with Gasteiger partial charge in [-0.3, -0.25) is 4.79 Å². The SMILES string of the molecule is Cc1c(N)cccc1NC(=O)CCN1CCCCC1C. The molecule has 0 saturated carbocycles. The van der Waals surface area contributed by atoms with Gasteiger partial charge in [-0.05, 0) is 50.9 Å². The molecule has 0 aromatic heterocycles. The van der Waals surface area contributed by atoms with Crippen LogP contribution in [-0.2, 0) is 4.79 Å². The van der Waals surface area contributed by atoms with Crippen LogP contribution in [0.3, 0.4) is 0 Å². The van der Waals surface area contributed by atoms with Gasteiger partial charge in [0.25, 0.3) is 0 Å². The van der Waals surface area contributed by atoms with Crippen molar-refractivity contribution in [2.45, 2.75) is 45.6 Å². The van der Waals surface area contributed by atoms with Crippen molar-refractivity contribution in [3.05, 3.63) is 23.8 Å². The largest absolute Gasteiger partial charge is 0.398 e. The summed E-state index contributed by atoms with van der Waals surface area (Å²) in [5.41, 5.74) is 8.32. The average molecular weight is 275 g/mol. The van der Waals surface area contributed by atoms with Crippen LogP contribution in [0.5, 0.6) is 0 Å². The van der Waals surface area contributed by atoms with Gasteiger partial charge in [-0.1, -0.05) is 12.5 Å². The van der Waals surface area contributed by atoms with Crippen molar-refractivity contribution in [2.24, 2.45) is 0 Å². The van der Waals surface area contributed by atoms with Gasteiger partial charge in [0.1, 0.15) is 0 Å². The zero-order chi connectivity index (χ0) is 14.5. The van der Waals surface area contributed by atoms with E-state index in [1.54, 1.807) is 0 Å². The quantitative estimate of drug-likeness (QED) is 0.831. The van der Waals surface area contributed by atoms with Crippen molar-refractivity contribution >= 4 is 17.3 Å². The van der Waals surface area contributed by atoms with Crippen LogP contribution in [-0.4, -0.2) is 29.9 Å². The molecule has 0 aliphatic carbocycles. The number of likely N-dealkylation sites (tertiary alicyclic amines) is 1. The van der Waals surface area contributed by atoms with E-state index in [0.717, 1.165) is 24.3 Å². The highest BCUT2D eigenvalue weighted by Gasteiger charge is 2.18. The molecule has 1 aliphatic rings. The van der Waals surface area contributed by atoms with Crippen LogP contribution in [0.4, 0.5) is 11.4 Å². The number of nitrogen functional groups attached to an aromatic ring is 1. The molecule has 1 atom stereocenters. The lowest BCUT2D eigenvalue weighted by molar-refractivity contribution is -0.116. The van der Waals surface area contributed by atoms with Crippen molar-refractivity contribution in [1.82, 2.24) is 4.90 Å². The van der Waals surface area contributed by atoms with Gasteiger partial charge in [-0.25, -0.2) is 0 Å². The second-order valence-corrected chi connectivity index (χ2v) is 5.70. The molecule has 1 saturated heterocycles. The Balaban J connectivity index is 1.85. The van der Waals surface area contributed by atoms with Gasteiger partial charge < -0.3 is 16.0 Å². The van der Waals surface area contributed by atoms with Crippen molar-refractivity contribution in [3.8, 4) is 0 Å². The van der Waals surface area contributed by atoms with Gasteiger partial charge in [0, 0.05) is 30.4 Å². The summed E-state index contributed by atoms with van der Waals surface area (Å²) in [5, 5.41) is 2.96. The average Bonchev–Trinajstić information content (AvgIpc) is 2.43. The Labute approximate surface area is 121 Å². The van der Waals surface area contributed by atoms with Gasteiger partial charge in [-0.2, -0.15) is 0 Å². The van der Waals surface area contributed by atoms with Crippen molar-refractivity contribution < 1.29 is 4.79 Å². The van der Waals surface area contributed by atoms with Crippen LogP contribution in [0.25, 0.3) is 0 Å². The van der Waals surface area contributed by atoms with Crippen LogP contribution in [0.2, 0.25) is 0 Å². The highest BCUT2D eigenvalue weighted by molar-refractivity contribution is 5.92. The second-order valence-electron chi connectivity index (χ2n) is 5.70. The summed E-state index contributed by atoms with van der Waals surface area (Å²) in [5.74, 6) is 0.0662. The minimum absolute atomic E-state index is 0.0662. The number of benzene rings is 1. The number of carbonyl (C=O) groups is 1. The standard InChI is InChI=1S/C16H25N3O/c1-12-6-3-4-10-19(12)11-9-16(20)18-15-8-5-7-14(17)13(15)2/h5,7-8,12H,3-4,6,9-11,17H2,1-2H3,(H,18,20). The first-order valence-electron chi connectivity index (χ1n) is 7.47. The van der Waals surface area contributed by atoms with E-state index in [9.17, 15) is 4.79 Å². The van der Waals surface area contributed by atoms with E-state index in [1.807, 2.05) is 25.1 Å². The minimum atomic E-state index is 0.0662. The number of nitrogens with zero attached hydrogens (tertiary/aromatic N) is 1. The molecule has 0 bridgehead atoms. The van der Waals surface area contributed by atoms with Gasteiger partial charge in [0.2, 0.25) is 5.91 Å². The highest BCUT2D eigenvalue weighted by atomic mass is 16.1. The summed E-state index contributed by atoms with van der Waals surface area (Å²) >= 11 is 0. The smallest absolute Gasteiger partial charge is 0.225 e. The molecule has 3 N–H and O–H groups in total. The van der Waals surface area contributed by atoms with Crippen LogP contribution in [0, 0.1) is 6.92 Å². The monoisotopic (exact) mass is 275 g/mol. The van der Waals surface area contributed by atoms with E-state index in [-0.39, 0.29) is 5.91 Å². The predicted octanol–water partition coefficient (Wildman–Crippen LogP) is 2.78. The number of hydrogen-bond donors (Lipinski definition) is 2. The molecule has 0 radical (unpaired) electrons. The third-order valence-corrected chi connectivity index (χ3v) is 4.22. The maximum Gasteiger partial charge on any atom is 0.225 e. The fraction of sp³-hybridized carbons (Fsp3) is 0.562. The molecule has 2 rings (SSSR count). The Hall–Kier alpha value is -1.55. The first-order valence-corrected chi connectivity index (χ1v) is 7.47. The number of rotatable bonds is 4. The zero-order valence-corrected chi connectivity index (χ0v) is 12.5. The molecule has 0 spiro atoms. The molecule has 1 unspecified atom stereocenters. The lowest BCUT2D eigenvalue weighted by Crippen LogP contribution is -2.39. The number of amides is 1. The van der Waals surface area contributed by atoms with E-state index in [4.69, 9.17) is 5.73 Å². The molecule has 1 aromatic carbocycles. The maximum absolute atomic E-state index is 12.0. The molecular weight excluding hydrogens is 250 g/mol. The molecule has 1 aromatic rings. The van der Waals surface area contributed by atoms with Crippen molar-refractivity contribution in [3.63, 3.8) is 0 Å². The van der Waals surface area contributed by atoms with Gasteiger partial charge in [0.05, 0.1) is 0 Å². The molecular formula is C16H25N3O. The molecule has 4 heteroatoms. The number of piperidine rings is 1. The van der Waals surface area contributed by atoms with Crippen LogP contribution in [0.1, 0.15) is 38.2 Å². The second kappa shape index (κ2) is 6.75. The molecule has 4 nitrogen and oxygen atoms in total. The third kappa shape index (κ3) is 3.73. The third-order valence-electron chi connectivity index (χ3n) is 4.22. The molecule has 1 amide bonds. The normalized spacial score (nSPS) is 19.8. The predicted molar refractivity (Wildman–Crippen MR) is 83.7 cm³/mol. The van der Waals surface area contributed by atoms with Crippen LogP contribution < -0.4 is 11.1 Å². The summed E-state index contributed by atoms with van der Waals surface area (Å²) in [6.07, 6.45) is 4.35. The number of carbonyl (C=O) groups excluding carboxylic acids is 1.